The first kappa shape index (κ1) is 11.5. The van der Waals surface area contributed by atoms with E-state index in [1.54, 1.807) is 24.3 Å². The minimum Gasteiger partial charge on any atom is -0.461 e. The number of carbonyl (C=O) groups is 1. The molecule has 4 heteroatoms. The van der Waals surface area contributed by atoms with E-state index in [0.717, 1.165) is 6.54 Å². The predicted octanol–water partition coefficient (Wildman–Crippen LogP) is 0.987. The van der Waals surface area contributed by atoms with Crippen LogP contribution in [0.2, 0.25) is 0 Å². The van der Waals surface area contributed by atoms with Crippen molar-refractivity contribution in [3.05, 3.63) is 29.8 Å². The molecule has 1 aromatic carbocycles. The van der Waals surface area contributed by atoms with E-state index in [4.69, 9.17) is 10.5 Å². The Labute approximate surface area is 89.6 Å². The number of anilines is 1. The van der Waals surface area contributed by atoms with E-state index in [0.29, 0.717) is 17.9 Å². The van der Waals surface area contributed by atoms with Gasteiger partial charge in [0.05, 0.1) is 5.56 Å². The van der Waals surface area contributed by atoms with Crippen LogP contribution >= 0.6 is 0 Å². The summed E-state index contributed by atoms with van der Waals surface area (Å²) in [6.45, 7) is 1.12. The van der Waals surface area contributed by atoms with E-state index in [1.807, 2.05) is 19.0 Å². The lowest BCUT2D eigenvalue weighted by Crippen LogP contribution is -2.20. The highest BCUT2D eigenvalue weighted by molar-refractivity contribution is 5.89. The predicted molar refractivity (Wildman–Crippen MR) is 59.7 cm³/mol. The summed E-state index contributed by atoms with van der Waals surface area (Å²) in [6, 6.07) is 6.69. The lowest BCUT2D eigenvalue weighted by atomic mass is 10.2. The van der Waals surface area contributed by atoms with Crippen LogP contribution in [0.3, 0.4) is 0 Å². The minimum atomic E-state index is -0.308. The maximum Gasteiger partial charge on any atom is 0.338 e. The molecule has 0 radical (unpaired) electrons. The van der Waals surface area contributed by atoms with Crippen molar-refractivity contribution in [1.29, 1.82) is 0 Å². The number of nitrogen functional groups attached to an aromatic ring is 1. The maximum absolute atomic E-state index is 11.5. The fourth-order valence-electron chi connectivity index (χ4n) is 1.02. The summed E-state index contributed by atoms with van der Waals surface area (Å²) in [7, 11) is 3.86. The molecule has 1 aromatic rings. The first-order chi connectivity index (χ1) is 7.09. The second-order valence-corrected chi connectivity index (χ2v) is 3.56. The molecule has 4 nitrogen and oxygen atoms in total. The van der Waals surface area contributed by atoms with E-state index in [1.165, 1.54) is 0 Å². The molecule has 15 heavy (non-hydrogen) atoms. The van der Waals surface area contributed by atoms with Gasteiger partial charge in [-0.1, -0.05) is 0 Å². The van der Waals surface area contributed by atoms with Crippen molar-refractivity contribution < 1.29 is 9.53 Å². The molecule has 1 rings (SSSR count). The van der Waals surface area contributed by atoms with Crippen molar-refractivity contribution in [1.82, 2.24) is 4.90 Å². The van der Waals surface area contributed by atoms with Crippen LogP contribution in [0.1, 0.15) is 10.4 Å². The van der Waals surface area contributed by atoms with Gasteiger partial charge in [-0.05, 0) is 38.4 Å². The molecule has 0 aliphatic carbocycles. The summed E-state index contributed by atoms with van der Waals surface area (Å²) in [5.74, 6) is -0.308. The average molecular weight is 208 g/mol. The van der Waals surface area contributed by atoms with E-state index in [9.17, 15) is 4.79 Å². The van der Waals surface area contributed by atoms with Crippen LogP contribution < -0.4 is 5.73 Å². The third-order valence-electron chi connectivity index (χ3n) is 1.92. The second-order valence-electron chi connectivity index (χ2n) is 3.56. The van der Waals surface area contributed by atoms with Crippen LogP contribution in [-0.4, -0.2) is 38.1 Å². The van der Waals surface area contributed by atoms with E-state index in [-0.39, 0.29) is 5.97 Å². The van der Waals surface area contributed by atoms with Crippen molar-refractivity contribution in [3.8, 4) is 0 Å². The number of rotatable bonds is 4. The molecule has 0 unspecified atom stereocenters. The first-order valence-electron chi connectivity index (χ1n) is 4.77. The number of nitrogens with zero attached hydrogens (tertiary/aromatic N) is 1. The maximum atomic E-state index is 11.5. The molecule has 0 bridgehead atoms. The molecule has 0 aromatic heterocycles. The van der Waals surface area contributed by atoms with Crippen LogP contribution in [0.5, 0.6) is 0 Å². The largest absolute Gasteiger partial charge is 0.461 e. The van der Waals surface area contributed by atoms with Gasteiger partial charge in [-0.3, -0.25) is 0 Å². The molecule has 0 saturated heterocycles. The van der Waals surface area contributed by atoms with Gasteiger partial charge in [0.2, 0.25) is 0 Å². The summed E-state index contributed by atoms with van der Waals surface area (Å²) in [5.41, 5.74) is 6.68. The molecular weight excluding hydrogens is 192 g/mol. The number of nitrogens with two attached hydrogens (primary N) is 1. The molecule has 82 valence electrons. The standard InChI is InChI=1S/C11H16N2O2/c1-13(2)7-8-15-11(14)9-3-5-10(12)6-4-9/h3-6H,7-8,12H2,1-2H3. The molecule has 0 heterocycles. The lowest BCUT2D eigenvalue weighted by molar-refractivity contribution is 0.0482. The normalized spacial score (nSPS) is 10.3. The average Bonchev–Trinajstić information content (AvgIpc) is 2.18. The molecule has 0 spiro atoms. The lowest BCUT2D eigenvalue weighted by Gasteiger charge is -2.09. The summed E-state index contributed by atoms with van der Waals surface area (Å²) in [5, 5.41) is 0. The molecule has 0 atom stereocenters. The Morgan fingerprint density at radius 1 is 1.33 bits per heavy atom. The van der Waals surface area contributed by atoms with Gasteiger partial charge < -0.3 is 15.4 Å². The van der Waals surface area contributed by atoms with Gasteiger partial charge in [0.15, 0.2) is 0 Å². The highest BCUT2D eigenvalue weighted by Gasteiger charge is 2.05. The van der Waals surface area contributed by atoms with Crippen LogP contribution in [0.15, 0.2) is 24.3 Å². The minimum absolute atomic E-state index is 0.308. The van der Waals surface area contributed by atoms with Gasteiger partial charge in [0, 0.05) is 12.2 Å². The zero-order valence-electron chi connectivity index (χ0n) is 9.06. The van der Waals surface area contributed by atoms with E-state index < -0.39 is 0 Å². The van der Waals surface area contributed by atoms with Crippen molar-refractivity contribution >= 4 is 11.7 Å². The Kier molecular flexibility index (Phi) is 4.12. The number of ether oxygens (including phenoxy) is 1. The fourth-order valence-corrected chi connectivity index (χ4v) is 1.02. The van der Waals surface area contributed by atoms with E-state index >= 15 is 0 Å². The Hall–Kier alpha value is -1.55. The van der Waals surface area contributed by atoms with Gasteiger partial charge in [-0.2, -0.15) is 0 Å². The van der Waals surface area contributed by atoms with E-state index in [2.05, 4.69) is 0 Å². The van der Waals surface area contributed by atoms with Gasteiger partial charge >= 0.3 is 5.97 Å². The van der Waals surface area contributed by atoms with Gasteiger partial charge in [0.1, 0.15) is 6.61 Å². The number of hydrogen-bond donors (Lipinski definition) is 1. The second kappa shape index (κ2) is 5.36. The Balaban J connectivity index is 2.43. The molecule has 0 fully saturated rings. The quantitative estimate of drug-likeness (QED) is 0.592. The smallest absolute Gasteiger partial charge is 0.338 e. The number of carbonyl (C=O) groups excluding carboxylic acids is 1. The molecule has 2 N–H and O–H groups in total. The van der Waals surface area contributed by atoms with Gasteiger partial charge in [0.25, 0.3) is 0 Å². The first-order valence-corrected chi connectivity index (χ1v) is 4.77. The van der Waals surface area contributed by atoms with Crippen molar-refractivity contribution in [2.24, 2.45) is 0 Å². The third-order valence-corrected chi connectivity index (χ3v) is 1.92. The van der Waals surface area contributed by atoms with Crippen molar-refractivity contribution in [2.75, 3.05) is 33.0 Å². The van der Waals surface area contributed by atoms with Crippen LogP contribution in [0, 0.1) is 0 Å². The van der Waals surface area contributed by atoms with Crippen LogP contribution in [-0.2, 0) is 4.74 Å². The number of likely N-dealkylation sites (N-methyl/N-ethyl adjacent to an activating group) is 1. The molecule has 0 amide bonds. The fraction of sp³-hybridized carbons (Fsp3) is 0.364. The summed E-state index contributed by atoms with van der Waals surface area (Å²) < 4.78 is 5.06. The topological polar surface area (TPSA) is 55.6 Å². The summed E-state index contributed by atoms with van der Waals surface area (Å²) in [4.78, 5) is 13.4. The molecule has 0 aliphatic heterocycles. The number of hydrogen-bond acceptors (Lipinski definition) is 4. The molecule has 0 aliphatic rings. The SMILES string of the molecule is CN(C)CCOC(=O)c1ccc(N)cc1. The molecule has 0 saturated carbocycles. The van der Waals surface area contributed by atoms with Gasteiger partial charge in [-0.15, -0.1) is 0 Å². The zero-order chi connectivity index (χ0) is 11.3. The van der Waals surface area contributed by atoms with Crippen molar-refractivity contribution in [3.63, 3.8) is 0 Å². The van der Waals surface area contributed by atoms with Crippen LogP contribution in [0.4, 0.5) is 5.69 Å². The Morgan fingerprint density at radius 2 is 1.93 bits per heavy atom. The summed E-state index contributed by atoms with van der Waals surface area (Å²) >= 11 is 0. The Morgan fingerprint density at radius 3 is 2.47 bits per heavy atom. The highest BCUT2D eigenvalue weighted by Crippen LogP contribution is 2.06. The number of esters is 1. The third kappa shape index (κ3) is 3.99. The summed E-state index contributed by atoms with van der Waals surface area (Å²) in [6.07, 6.45) is 0. The zero-order valence-corrected chi connectivity index (χ0v) is 9.06. The Bertz CT molecular complexity index is 320. The number of benzene rings is 1. The monoisotopic (exact) mass is 208 g/mol. The molecular formula is C11H16N2O2. The van der Waals surface area contributed by atoms with Crippen LogP contribution in [0.25, 0.3) is 0 Å². The van der Waals surface area contributed by atoms with Crippen molar-refractivity contribution in [2.45, 2.75) is 0 Å². The van der Waals surface area contributed by atoms with Gasteiger partial charge in [-0.25, -0.2) is 4.79 Å². The highest BCUT2D eigenvalue weighted by atomic mass is 16.5.